The first-order valence-corrected chi connectivity index (χ1v) is 9.47. The first-order valence-electron chi connectivity index (χ1n) is 8.68. The molecule has 2 aromatic heterocycles. The van der Waals surface area contributed by atoms with Crippen LogP contribution < -0.4 is 9.64 Å². The third-order valence-corrected chi connectivity index (χ3v) is 5.25. The number of ketones is 1. The highest BCUT2D eigenvalue weighted by Crippen LogP contribution is 2.45. The minimum absolute atomic E-state index is 0.0441. The van der Waals surface area contributed by atoms with E-state index in [2.05, 4.69) is 21.1 Å². The summed E-state index contributed by atoms with van der Waals surface area (Å²) >= 11 is 3.24. The largest absolute Gasteiger partial charge is 0.503 e. The van der Waals surface area contributed by atoms with Gasteiger partial charge in [0, 0.05) is 6.07 Å². The molecule has 1 aromatic carbocycles. The molecule has 0 aliphatic carbocycles. The second-order valence-electron chi connectivity index (χ2n) is 6.50. The van der Waals surface area contributed by atoms with Crippen molar-refractivity contribution >= 4 is 33.4 Å². The van der Waals surface area contributed by atoms with Crippen molar-refractivity contribution in [1.82, 2.24) is 5.16 Å². The number of Topliss-reactive ketones (excluding diaryl/α,β-unsaturated/α-hetero) is 1. The number of phenols is 1. The van der Waals surface area contributed by atoms with Crippen LogP contribution in [0.2, 0.25) is 0 Å². The van der Waals surface area contributed by atoms with Gasteiger partial charge in [0.15, 0.2) is 28.8 Å². The van der Waals surface area contributed by atoms with Crippen LogP contribution in [0.3, 0.4) is 0 Å². The van der Waals surface area contributed by atoms with Gasteiger partial charge in [0.05, 0.1) is 29.5 Å². The molecule has 10 heteroatoms. The number of carbonyl (C=O) groups excluding carboxylic acids is 2. The summed E-state index contributed by atoms with van der Waals surface area (Å²) in [5.41, 5.74) is 0.180. The second-order valence-corrected chi connectivity index (χ2v) is 7.35. The van der Waals surface area contributed by atoms with Crippen LogP contribution in [0.15, 0.2) is 61.3 Å². The molecule has 0 saturated heterocycles. The van der Waals surface area contributed by atoms with E-state index < -0.39 is 23.5 Å². The number of methoxy groups -OCH3 is 1. The molecule has 0 fully saturated rings. The predicted octanol–water partition coefficient (Wildman–Crippen LogP) is 3.84. The Bertz CT molecular complexity index is 1180. The average Bonchev–Trinajstić information content (AvgIpc) is 3.45. The molecule has 1 aliphatic rings. The van der Waals surface area contributed by atoms with Crippen LogP contribution in [0.25, 0.3) is 0 Å². The summed E-state index contributed by atoms with van der Waals surface area (Å²) in [6.07, 6.45) is 1.32. The zero-order valence-electron chi connectivity index (χ0n) is 15.7. The highest BCUT2D eigenvalue weighted by Gasteiger charge is 2.46. The van der Waals surface area contributed by atoms with E-state index in [1.807, 2.05) is 0 Å². The number of ether oxygens (including phenoxy) is 1. The molecule has 2 N–H and O–H groups in total. The van der Waals surface area contributed by atoms with Gasteiger partial charge in [-0.3, -0.25) is 14.5 Å². The van der Waals surface area contributed by atoms with Crippen molar-refractivity contribution in [3.05, 3.63) is 69.5 Å². The first-order chi connectivity index (χ1) is 14.3. The van der Waals surface area contributed by atoms with Crippen molar-refractivity contribution in [3.8, 4) is 11.5 Å². The summed E-state index contributed by atoms with van der Waals surface area (Å²) < 4.78 is 15.7. The number of hydrogen-bond acceptors (Lipinski definition) is 8. The third kappa shape index (κ3) is 3.05. The second kappa shape index (κ2) is 7.38. The van der Waals surface area contributed by atoms with Gasteiger partial charge in [-0.1, -0.05) is 5.16 Å². The fourth-order valence-electron chi connectivity index (χ4n) is 3.30. The number of furan rings is 1. The normalized spacial score (nSPS) is 16.4. The van der Waals surface area contributed by atoms with Crippen molar-refractivity contribution < 1.29 is 33.5 Å². The lowest BCUT2D eigenvalue weighted by atomic mass is 9.94. The standard InChI is InChI=1S/C20H15BrN2O7/c1-9-6-14(22-30-9)23-16(10-7-11(21)17(24)13(8-10)28-2)15(19(26)20(23)27)18(25)12-4-3-5-29-12/h3-8,16,24,26H,1-2H3/t16-/m1/s1. The van der Waals surface area contributed by atoms with E-state index in [0.717, 1.165) is 4.90 Å². The number of nitrogens with zero attached hydrogens (tertiary/aromatic N) is 2. The van der Waals surface area contributed by atoms with Crippen molar-refractivity contribution in [2.24, 2.45) is 0 Å². The number of anilines is 1. The topological polar surface area (TPSA) is 126 Å². The molecule has 3 heterocycles. The molecule has 1 atom stereocenters. The van der Waals surface area contributed by atoms with E-state index >= 15 is 0 Å². The van der Waals surface area contributed by atoms with Gasteiger partial charge in [-0.15, -0.1) is 0 Å². The van der Waals surface area contributed by atoms with Crippen molar-refractivity contribution in [2.75, 3.05) is 12.0 Å². The Labute approximate surface area is 178 Å². The summed E-state index contributed by atoms with van der Waals surface area (Å²) in [6, 6.07) is 6.36. The van der Waals surface area contributed by atoms with E-state index in [4.69, 9.17) is 13.7 Å². The summed E-state index contributed by atoms with van der Waals surface area (Å²) in [5, 5.41) is 24.6. The molecule has 30 heavy (non-hydrogen) atoms. The quantitative estimate of drug-likeness (QED) is 0.534. The molecule has 0 bridgehead atoms. The molecule has 4 rings (SSSR count). The van der Waals surface area contributed by atoms with Gasteiger partial charge in [0.2, 0.25) is 5.78 Å². The van der Waals surface area contributed by atoms with Crippen molar-refractivity contribution in [2.45, 2.75) is 13.0 Å². The van der Waals surface area contributed by atoms with Crippen LogP contribution in [0.1, 0.15) is 27.9 Å². The number of rotatable bonds is 5. The van der Waals surface area contributed by atoms with Crippen LogP contribution in [-0.4, -0.2) is 34.2 Å². The highest BCUT2D eigenvalue weighted by molar-refractivity contribution is 9.10. The number of carbonyl (C=O) groups is 2. The molecule has 0 unspecified atom stereocenters. The number of aliphatic hydroxyl groups excluding tert-OH is 1. The molecule has 0 saturated carbocycles. The summed E-state index contributed by atoms with van der Waals surface area (Å²) in [5.74, 6) is -1.76. The number of aliphatic hydroxyl groups is 1. The molecule has 1 aliphatic heterocycles. The summed E-state index contributed by atoms with van der Waals surface area (Å²) in [6.45, 7) is 1.65. The summed E-state index contributed by atoms with van der Waals surface area (Å²) in [4.78, 5) is 27.2. The lowest BCUT2D eigenvalue weighted by molar-refractivity contribution is -0.117. The number of aryl methyl sites for hydroxylation is 1. The van der Waals surface area contributed by atoms with E-state index in [-0.39, 0.29) is 33.1 Å². The number of halogens is 1. The number of amides is 1. The number of phenolic OH excluding ortho intramolecular Hbond substituents is 1. The van der Waals surface area contributed by atoms with Crippen LogP contribution in [-0.2, 0) is 4.79 Å². The van der Waals surface area contributed by atoms with E-state index in [1.54, 1.807) is 6.92 Å². The number of benzene rings is 1. The number of aromatic nitrogens is 1. The van der Waals surface area contributed by atoms with Gasteiger partial charge in [0.25, 0.3) is 5.91 Å². The predicted molar refractivity (Wildman–Crippen MR) is 107 cm³/mol. The molecule has 0 spiro atoms. The summed E-state index contributed by atoms with van der Waals surface area (Å²) in [7, 11) is 1.37. The Morgan fingerprint density at radius 2 is 2.07 bits per heavy atom. The van der Waals surface area contributed by atoms with Gasteiger partial charge < -0.3 is 23.9 Å². The zero-order chi connectivity index (χ0) is 21.6. The van der Waals surface area contributed by atoms with Crippen molar-refractivity contribution in [3.63, 3.8) is 0 Å². The molecular formula is C20H15BrN2O7. The van der Waals surface area contributed by atoms with Crippen molar-refractivity contribution in [1.29, 1.82) is 0 Å². The van der Waals surface area contributed by atoms with Gasteiger partial charge in [-0.2, -0.15) is 0 Å². The molecular weight excluding hydrogens is 460 g/mol. The third-order valence-electron chi connectivity index (χ3n) is 4.65. The number of aromatic hydroxyl groups is 1. The van der Waals surface area contributed by atoms with Crippen LogP contribution >= 0.6 is 15.9 Å². The van der Waals surface area contributed by atoms with E-state index in [9.17, 15) is 19.8 Å². The Morgan fingerprint density at radius 3 is 2.67 bits per heavy atom. The average molecular weight is 475 g/mol. The first kappa shape index (κ1) is 19.8. The molecule has 3 aromatic rings. The Balaban J connectivity index is 1.93. The lowest BCUT2D eigenvalue weighted by Gasteiger charge is -2.25. The molecule has 0 radical (unpaired) electrons. The molecule has 9 nitrogen and oxygen atoms in total. The Morgan fingerprint density at radius 1 is 1.30 bits per heavy atom. The Hall–Kier alpha value is -3.53. The number of hydrogen-bond donors (Lipinski definition) is 2. The smallest absolute Gasteiger partial charge is 0.295 e. The SMILES string of the molecule is COc1cc([C@@H]2C(C(=O)c3ccco3)=C(O)C(=O)N2c2cc(C)on2)cc(Br)c1O. The van der Waals surface area contributed by atoms with E-state index in [1.165, 1.54) is 43.7 Å². The highest BCUT2D eigenvalue weighted by atomic mass is 79.9. The molecule has 154 valence electrons. The maximum atomic E-state index is 13.1. The van der Waals surface area contributed by atoms with Gasteiger partial charge >= 0.3 is 0 Å². The maximum absolute atomic E-state index is 13.1. The van der Waals surface area contributed by atoms with Crippen LogP contribution in [0.5, 0.6) is 11.5 Å². The van der Waals surface area contributed by atoms with E-state index in [0.29, 0.717) is 11.3 Å². The van der Waals surface area contributed by atoms with Gasteiger partial charge in [0.1, 0.15) is 5.76 Å². The monoisotopic (exact) mass is 474 g/mol. The fraction of sp³-hybridized carbons (Fsp3) is 0.150. The minimum Gasteiger partial charge on any atom is -0.503 e. The lowest BCUT2D eigenvalue weighted by Crippen LogP contribution is -2.31. The molecule has 1 amide bonds. The maximum Gasteiger partial charge on any atom is 0.295 e. The zero-order valence-corrected chi connectivity index (χ0v) is 17.3. The van der Waals surface area contributed by atoms with Crippen LogP contribution in [0.4, 0.5) is 5.82 Å². The minimum atomic E-state index is -1.08. The van der Waals surface area contributed by atoms with Crippen LogP contribution in [0, 0.1) is 6.92 Å². The van der Waals surface area contributed by atoms with Gasteiger partial charge in [-0.25, -0.2) is 0 Å². The van der Waals surface area contributed by atoms with Gasteiger partial charge in [-0.05, 0) is 52.7 Å². The Kier molecular flexibility index (Phi) is 4.86. The fourth-order valence-corrected chi connectivity index (χ4v) is 3.76.